The first-order chi connectivity index (χ1) is 10.2. The number of hydrogen-bond acceptors (Lipinski definition) is 4. The Morgan fingerprint density at radius 3 is 2.67 bits per heavy atom. The molecule has 0 spiro atoms. The Kier molecular flexibility index (Phi) is 6.02. The largest absolute Gasteiger partial charge is 0.445 e. The van der Waals surface area contributed by atoms with Gasteiger partial charge in [-0.05, 0) is 25.3 Å². The van der Waals surface area contributed by atoms with E-state index in [0.717, 1.165) is 18.4 Å². The highest BCUT2D eigenvalue weighted by atomic mass is 16.6. The number of aliphatic hydroxyl groups is 1. The molecular weight excluding hydrogens is 268 g/mol. The molecule has 1 aromatic carbocycles. The number of aliphatic hydroxyl groups excluding tert-OH is 1. The standard InChI is InChI=1S/C16H24N2O3/c1-13(11-19)17-15-7-9-18(10-8-15)16(20)21-12-14-5-3-2-4-6-14/h2-6,13,15,17,19H,7-12H2,1H3. The molecule has 1 aliphatic heterocycles. The normalized spacial score (nSPS) is 17.5. The molecular formula is C16H24N2O3. The summed E-state index contributed by atoms with van der Waals surface area (Å²) in [5, 5.41) is 12.4. The van der Waals surface area contributed by atoms with Crippen molar-refractivity contribution in [1.29, 1.82) is 0 Å². The second kappa shape index (κ2) is 8.00. The molecule has 1 aromatic rings. The van der Waals surface area contributed by atoms with Gasteiger partial charge in [0.15, 0.2) is 0 Å². The van der Waals surface area contributed by atoms with Crippen LogP contribution in [0.4, 0.5) is 4.79 Å². The summed E-state index contributed by atoms with van der Waals surface area (Å²) in [5.41, 5.74) is 0.999. The summed E-state index contributed by atoms with van der Waals surface area (Å²) in [6.07, 6.45) is 1.54. The van der Waals surface area contributed by atoms with E-state index in [2.05, 4.69) is 5.32 Å². The lowest BCUT2D eigenvalue weighted by Gasteiger charge is -2.33. The fraction of sp³-hybridized carbons (Fsp3) is 0.562. The van der Waals surface area contributed by atoms with Crippen molar-refractivity contribution in [1.82, 2.24) is 10.2 Å². The predicted octanol–water partition coefficient (Wildman–Crippen LogP) is 1.76. The molecule has 1 fully saturated rings. The van der Waals surface area contributed by atoms with Gasteiger partial charge in [-0.1, -0.05) is 30.3 Å². The van der Waals surface area contributed by atoms with Gasteiger partial charge < -0.3 is 20.1 Å². The molecule has 21 heavy (non-hydrogen) atoms. The molecule has 1 saturated heterocycles. The molecule has 116 valence electrons. The average Bonchev–Trinajstić information content (AvgIpc) is 2.54. The fourth-order valence-electron chi connectivity index (χ4n) is 2.49. The van der Waals surface area contributed by atoms with Gasteiger partial charge in [0.25, 0.3) is 0 Å². The number of carbonyl (C=O) groups excluding carboxylic acids is 1. The maximum atomic E-state index is 12.0. The fourth-order valence-corrected chi connectivity index (χ4v) is 2.49. The van der Waals surface area contributed by atoms with Gasteiger partial charge in [-0.2, -0.15) is 0 Å². The third-order valence-electron chi connectivity index (χ3n) is 3.75. The van der Waals surface area contributed by atoms with E-state index in [0.29, 0.717) is 25.7 Å². The van der Waals surface area contributed by atoms with Crippen molar-refractivity contribution in [3.05, 3.63) is 35.9 Å². The zero-order chi connectivity index (χ0) is 15.1. The second-order valence-electron chi connectivity index (χ2n) is 5.55. The summed E-state index contributed by atoms with van der Waals surface area (Å²) >= 11 is 0. The molecule has 1 aliphatic rings. The van der Waals surface area contributed by atoms with Crippen LogP contribution in [0.5, 0.6) is 0 Å². The van der Waals surface area contributed by atoms with E-state index in [1.807, 2.05) is 37.3 Å². The molecule has 0 aliphatic carbocycles. The Morgan fingerprint density at radius 1 is 1.38 bits per heavy atom. The molecule has 2 rings (SSSR count). The molecule has 0 bridgehead atoms. The Labute approximate surface area is 125 Å². The minimum Gasteiger partial charge on any atom is -0.445 e. The second-order valence-corrected chi connectivity index (χ2v) is 5.55. The average molecular weight is 292 g/mol. The highest BCUT2D eigenvalue weighted by molar-refractivity contribution is 5.67. The molecule has 5 nitrogen and oxygen atoms in total. The van der Waals surface area contributed by atoms with Crippen molar-refractivity contribution >= 4 is 6.09 Å². The quantitative estimate of drug-likeness (QED) is 0.868. The third-order valence-corrected chi connectivity index (χ3v) is 3.75. The Hall–Kier alpha value is -1.59. The van der Waals surface area contributed by atoms with Gasteiger partial charge in [0.2, 0.25) is 0 Å². The minimum absolute atomic E-state index is 0.103. The zero-order valence-electron chi connectivity index (χ0n) is 12.5. The van der Waals surface area contributed by atoms with Crippen molar-refractivity contribution < 1.29 is 14.6 Å². The topological polar surface area (TPSA) is 61.8 Å². The smallest absolute Gasteiger partial charge is 0.410 e. The zero-order valence-corrected chi connectivity index (χ0v) is 12.5. The van der Waals surface area contributed by atoms with Gasteiger partial charge in [-0.25, -0.2) is 4.79 Å². The van der Waals surface area contributed by atoms with Crippen LogP contribution < -0.4 is 5.32 Å². The molecule has 1 atom stereocenters. The van der Waals surface area contributed by atoms with E-state index < -0.39 is 0 Å². The molecule has 1 heterocycles. The Morgan fingerprint density at radius 2 is 2.05 bits per heavy atom. The molecule has 0 aromatic heterocycles. The highest BCUT2D eigenvalue weighted by Crippen LogP contribution is 2.13. The summed E-state index contributed by atoms with van der Waals surface area (Å²) in [6.45, 7) is 3.81. The van der Waals surface area contributed by atoms with Gasteiger partial charge in [0, 0.05) is 25.2 Å². The minimum atomic E-state index is -0.243. The summed E-state index contributed by atoms with van der Waals surface area (Å²) in [5.74, 6) is 0. The lowest BCUT2D eigenvalue weighted by Crippen LogP contribution is -2.48. The van der Waals surface area contributed by atoms with Crippen LogP contribution in [0.25, 0.3) is 0 Å². The number of nitrogens with zero attached hydrogens (tertiary/aromatic N) is 1. The van der Waals surface area contributed by atoms with Crippen LogP contribution in [0.15, 0.2) is 30.3 Å². The molecule has 2 N–H and O–H groups in total. The number of hydrogen-bond donors (Lipinski definition) is 2. The van der Waals surface area contributed by atoms with E-state index in [-0.39, 0.29) is 18.7 Å². The maximum Gasteiger partial charge on any atom is 0.410 e. The van der Waals surface area contributed by atoms with Crippen LogP contribution in [0.2, 0.25) is 0 Å². The first-order valence-corrected chi connectivity index (χ1v) is 7.51. The van der Waals surface area contributed by atoms with Gasteiger partial charge in [0.05, 0.1) is 6.61 Å². The van der Waals surface area contributed by atoms with E-state index in [1.54, 1.807) is 4.90 Å². The Bertz CT molecular complexity index is 430. The number of likely N-dealkylation sites (tertiary alicyclic amines) is 1. The van der Waals surface area contributed by atoms with E-state index in [1.165, 1.54) is 0 Å². The van der Waals surface area contributed by atoms with Crippen LogP contribution in [-0.2, 0) is 11.3 Å². The maximum absolute atomic E-state index is 12.0. The van der Waals surface area contributed by atoms with Crippen LogP contribution in [-0.4, -0.2) is 47.9 Å². The van der Waals surface area contributed by atoms with E-state index in [4.69, 9.17) is 9.84 Å². The summed E-state index contributed by atoms with van der Waals surface area (Å²) in [4.78, 5) is 13.8. The summed E-state index contributed by atoms with van der Waals surface area (Å²) in [7, 11) is 0. The summed E-state index contributed by atoms with van der Waals surface area (Å²) < 4.78 is 5.33. The Balaban J connectivity index is 1.70. The van der Waals surface area contributed by atoms with E-state index in [9.17, 15) is 4.79 Å². The van der Waals surface area contributed by atoms with E-state index >= 15 is 0 Å². The van der Waals surface area contributed by atoms with Crippen molar-refractivity contribution in [2.75, 3.05) is 19.7 Å². The number of ether oxygens (including phenoxy) is 1. The lowest BCUT2D eigenvalue weighted by molar-refractivity contribution is 0.0837. The van der Waals surface area contributed by atoms with Crippen LogP contribution in [0, 0.1) is 0 Å². The SMILES string of the molecule is CC(CO)NC1CCN(C(=O)OCc2ccccc2)CC1. The monoisotopic (exact) mass is 292 g/mol. The first kappa shape index (κ1) is 15.8. The molecule has 5 heteroatoms. The predicted molar refractivity (Wildman–Crippen MR) is 80.9 cm³/mol. The van der Waals surface area contributed by atoms with Crippen molar-refractivity contribution in [3.63, 3.8) is 0 Å². The number of nitrogens with one attached hydrogen (secondary N) is 1. The van der Waals surface area contributed by atoms with Gasteiger partial charge in [-0.3, -0.25) is 0 Å². The highest BCUT2D eigenvalue weighted by Gasteiger charge is 2.24. The number of carbonyl (C=O) groups is 1. The van der Waals surface area contributed by atoms with Gasteiger partial charge >= 0.3 is 6.09 Å². The van der Waals surface area contributed by atoms with Crippen LogP contribution in [0.3, 0.4) is 0 Å². The number of rotatable bonds is 5. The number of benzene rings is 1. The van der Waals surface area contributed by atoms with Crippen molar-refractivity contribution in [3.8, 4) is 0 Å². The molecule has 1 unspecified atom stereocenters. The van der Waals surface area contributed by atoms with Crippen LogP contribution in [0.1, 0.15) is 25.3 Å². The van der Waals surface area contributed by atoms with Crippen LogP contribution >= 0.6 is 0 Å². The third kappa shape index (κ3) is 5.02. The molecule has 0 radical (unpaired) electrons. The molecule has 1 amide bonds. The number of piperidine rings is 1. The molecule has 0 saturated carbocycles. The van der Waals surface area contributed by atoms with Gasteiger partial charge in [0.1, 0.15) is 6.61 Å². The summed E-state index contributed by atoms with van der Waals surface area (Å²) in [6, 6.07) is 10.2. The van der Waals surface area contributed by atoms with Crippen molar-refractivity contribution in [2.24, 2.45) is 0 Å². The van der Waals surface area contributed by atoms with Crippen molar-refractivity contribution in [2.45, 2.75) is 38.5 Å². The first-order valence-electron chi connectivity index (χ1n) is 7.51. The lowest BCUT2D eigenvalue weighted by atomic mass is 10.0. The van der Waals surface area contributed by atoms with Gasteiger partial charge in [-0.15, -0.1) is 0 Å². The number of amides is 1.